The lowest BCUT2D eigenvalue weighted by Crippen LogP contribution is -2.40. The molecule has 1 aliphatic heterocycles. The van der Waals surface area contributed by atoms with Gasteiger partial charge in [0.2, 0.25) is 0 Å². The van der Waals surface area contributed by atoms with Gasteiger partial charge in [-0.3, -0.25) is 4.79 Å². The van der Waals surface area contributed by atoms with Gasteiger partial charge in [0.05, 0.1) is 0 Å². The molecule has 1 heterocycles. The summed E-state index contributed by atoms with van der Waals surface area (Å²) in [5.41, 5.74) is 1.86. The SMILES string of the molecule is O=C1NC[C@@]2(C[C@@H]2Cl)c2cc(Br)ccc21. The Morgan fingerprint density at radius 1 is 1.53 bits per heavy atom. The van der Waals surface area contributed by atoms with E-state index in [1.165, 1.54) is 0 Å². The molecule has 1 aromatic rings. The highest BCUT2D eigenvalue weighted by atomic mass is 79.9. The van der Waals surface area contributed by atoms with Crippen LogP contribution in [0.3, 0.4) is 0 Å². The van der Waals surface area contributed by atoms with E-state index in [0.29, 0.717) is 6.54 Å². The van der Waals surface area contributed by atoms with Gasteiger partial charge in [0, 0.05) is 27.4 Å². The Bertz CT molecular complexity index is 462. The van der Waals surface area contributed by atoms with E-state index in [1.807, 2.05) is 18.2 Å². The van der Waals surface area contributed by atoms with Gasteiger partial charge >= 0.3 is 0 Å². The van der Waals surface area contributed by atoms with Crippen LogP contribution in [0.5, 0.6) is 0 Å². The van der Waals surface area contributed by atoms with Crippen molar-refractivity contribution in [3.63, 3.8) is 0 Å². The van der Waals surface area contributed by atoms with Crippen LogP contribution < -0.4 is 5.32 Å². The number of amides is 1. The van der Waals surface area contributed by atoms with Gasteiger partial charge in [-0.2, -0.15) is 0 Å². The molecule has 3 rings (SSSR count). The van der Waals surface area contributed by atoms with Crippen LogP contribution in [0.15, 0.2) is 22.7 Å². The van der Waals surface area contributed by atoms with E-state index < -0.39 is 0 Å². The third kappa shape index (κ3) is 1.26. The predicted octanol–water partition coefficient (Wildman–Crippen LogP) is 2.44. The first-order chi connectivity index (χ1) is 7.13. The van der Waals surface area contributed by atoms with Crippen molar-refractivity contribution in [2.75, 3.05) is 6.54 Å². The zero-order chi connectivity index (χ0) is 10.6. The number of carbonyl (C=O) groups is 1. The van der Waals surface area contributed by atoms with Crippen LogP contribution in [0, 0.1) is 0 Å². The number of halogens is 2. The molecule has 1 aliphatic carbocycles. The summed E-state index contributed by atoms with van der Waals surface area (Å²) in [6.07, 6.45) is 0.957. The first-order valence-electron chi connectivity index (χ1n) is 4.86. The maximum Gasteiger partial charge on any atom is 0.251 e. The lowest BCUT2D eigenvalue weighted by molar-refractivity contribution is 0.0937. The van der Waals surface area contributed by atoms with Crippen LogP contribution in [0.4, 0.5) is 0 Å². The topological polar surface area (TPSA) is 29.1 Å². The number of benzene rings is 1. The van der Waals surface area contributed by atoms with Gasteiger partial charge in [-0.1, -0.05) is 15.9 Å². The Labute approximate surface area is 101 Å². The second-order valence-electron chi connectivity index (χ2n) is 4.20. The molecule has 4 heteroatoms. The average molecular weight is 287 g/mol. The summed E-state index contributed by atoms with van der Waals surface area (Å²) >= 11 is 9.62. The molecule has 2 nitrogen and oxygen atoms in total. The fraction of sp³-hybridized carbons (Fsp3) is 0.364. The van der Waals surface area contributed by atoms with Crippen LogP contribution >= 0.6 is 27.5 Å². The molecule has 0 saturated heterocycles. The van der Waals surface area contributed by atoms with Crippen LogP contribution in [-0.2, 0) is 5.41 Å². The highest BCUT2D eigenvalue weighted by Crippen LogP contribution is 2.54. The van der Waals surface area contributed by atoms with Gasteiger partial charge < -0.3 is 5.32 Å². The number of hydrogen-bond acceptors (Lipinski definition) is 1. The van der Waals surface area contributed by atoms with Crippen LogP contribution in [0.25, 0.3) is 0 Å². The minimum Gasteiger partial charge on any atom is -0.351 e. The number of rotatable bonds is 0. The molecule has 1 saturated carbocycles. The molecular formula is C11H9BrClNO. The molecule has 0 bridgehead atoms. The fourth-order valence-electron chi connectivity index (χ4n) is 2.28. The van der Waals surface area contributed by atoms with Crippen molar-refractivity contribution in [2.24, 2.45) is 0 Å². The molecule has 0 aromatic heterocycles. The maximum atomic E-state index is 11.6. The van der Waals surface area contributed by atoms with Gasteiger partial charge in [0.1, 0.15) is 0 Å². The molecule has 2 aliphatic rings. The molecule has 2 atom stereocenters. The number of nitrogens with one attached hydrogen (secondary N) is 1. The first kappa shape index (κ1) is 9.67. The Morgan fingerprint density at radius 2 is 2.27 bits per heavy atom. The highest BCUT2D eigenvalue weighted by molar-refractivity contribution is 9.10. The summed E-state index contributed by atoms with van der Waals surface area (Å²) in [6.45, 7) is 0.670. The van der Waals surface area contributed by atoms with E-state index in [1.54, 1.807) is 0 Å². The van der Waals surface area contributed by atoms with Crippen molar-refractivity contribution in [3.8, 4) is 0 Å². The maximum absolute atomic E-state index is 11.6. The number of alkyl halides is 1. The van der Waals surface area contributed by atoms with Gasteiger partial charge in [0.15, 0.2) is 0 Å². The predicted molar refractivity (Wildman–Crippen MR) is 62.4 cm³/mol. The van der Waals surface area contributed by atoms with Crippen molar-refractivity contribution in [3.05, 3.63) is 33.8 Å². The summed E-state index contributed by atoms with van der Waals surface area (Å²) in [6, 6.07) is 5.77. The van der Waals surface area contributed by atoms with E-state index in [0.717, 1.165) is 22.0 Å². The third-order valence-electron chi connectivity index (χ3n) is 3.31. The monoisotopic (exact) mass is 285 g/mol. The first-order valence-corrected chi connectivity index (χ1v) is 6.09. The molecule has 78 valence electrons. The Hall–Kier alpha value is -0.540. The molecule has 1 aromatic carbocycles. The molecular weight excluding hydrogens is 277 g/mol. The van der Waals surface area contributed by atoms with Crippen LogP contribution in [-0.4, -0.2) is 17.8 Å². The summed E-state index contributed by atoms with van der Waals surface area (Å²) in [5.74, 6) is 0.0129. The molecule has 1 N–H and O–H groups in total. The Morgan fingerprint density at radius 3 is 2.93 bits per heavy atom. The van der Waals surface area contributed by atoms with Crippen molar-refractivity contribution in [1.82, 2.24) is 5.32 Å². The molecule has 0 radical (unpaired) electrons. The van der Waals surface area contributed by atoms with Crippen molar-refractivity contribution in [1.29, 1.82) is 0 Å². The van der Waals surface area contributed by atoms with E-state index in [4.69, 9.17) is 11.6 Å². The number of hydrogen-bond donors (Lipinski definition) is 1. The van der Waals surface area contributed by atoms with Crippen molar-refractivity contribution >= 4 is 33.4 Å². The lowest BCUT2D eigenvalue weighted by Gasteiger charge is -2.26. The van der Waals surface area contributed by atoms with E-state index >= 15 is 0 Å². The molecule has 1 spiro atoms. The second-order valence-corrected chi connectivity index (χ2v) is 5.64. The summed E-state index contributed by atoms with van der Waals surface area (Å²) in [7, 11) is 0. The molecule has 1 fully saturated rings. The lowest BCUT2D eigenvalue weighted by atomic mass is 9.88. The highest BCUT2D eigenvalue weighted by Gasteiger charge is 2.57. The van der Waals surface area contributed by atoms with E-state index in [2.05, 4.69) is 21.2 Å². The van der Waals surface area contributed by atoms with Crippen molar-refractivity contribution < 1.29 is 4.79 Å². The molecule has 0 unspecified atom stereocenters. The van der Waals surface area contributed by atoms with Gasteiger partial charge in [0.25, 0.3) is 5.91 Å². The summed E-state index contributed by atoms with van der Waals surface area (Å²) in [4.78, 5) is 11.6. The zero-order valence-electron chi connectivity index (χ0n) is 7.89. The quantitative estimate of drug-likeness (QED) is 0.729. The number of fused-ring (bicyclic) bond motifs is 2. The average Bonchev–Trinajstić information content (AvgIpc) is 2.85. The van der Waals surface area contributed by atoms with Crippen LogP contribution in [0.1, 0.15) is 22.3 Å². The smallest absolute Gasteiger partial charge is 0.251 e. The largest absolute Gasteiger partial charge is 0.351 e. The van der Waals surface area contributed by atoms with Crippen molar-refractivity contribution in [2.45, 2.75) is 17.2 Å². The van der Waals surface area contributed by atoms with Gasteiger partial charge in [-0.15, -0.1) is 11.6 Å². The summed E-state index contributed by atoms with van der Waals surface area (Å²) in [5, 5.41) is 3.06. The Kier molecular flexibility index (Phi) is 1.92. The number of carbonyl (C=O) groups excluding carboxylic acids is 1. The summed E-state index contributed by atoms with van der Waals surface area (Å²) < 4.78 is 1.01. The normalized spacial score (nSPS) is 32.4. The standard InChI is InChI=1S/C11H9BrClNO/c12-6-1-2-7-8(3-6)11(4-9(11)13)5-14-10(7)15/h1-3,9H,4-5H2,(H,14,15)/t9-,11-/m0/s1. The molecule has 1 amide bonds. The van der Waals surface area contributed by atoms with Gasteiger partial charge in [-0.25, -0.2) is 0 Å². The fourth-order valence-corrected chi connectivity index (χ4v) is 3.11. The third-order valence-corrected chi connectivity index (χ3v) is 4.38. The minimum absolute atomic E-state index is 0.00538. The van der Waals surface area contributed by atoms with Crippen LogP contribution in [0.2, 0.25) is 0 Å². The van der Waals surface area contributed by atoms with E-state index in [-0.39, 0.29) is 16.7 Å². The zero-order valence-corrected chi connectivity index (χ0v) is 10.2. The van der Waals surface area contributed by atoms with E-state index in [9.17, 15) is 4.79 Å². The second kappa shape index (κ2) is 2.98. The van der Waals surface area contributed by atoms with Gasteiger partial charge in [-0.05, 0) is 30.2 Å². The minimum atomic E-state index is -0.00538. The molecule has 15 heavy (non-hydrogen) atoms. The Balaban J connectivity index is 2.20.